The third-order valence-electron chi connectivity index (χ3n) is 2.46. The molecule has 2 rings (SSSR count). The van der Waals surface area contributed by atoms with Crippen LogP contribution in [0.2, 0.25) is 0 Å². The van der Waals surface area contributed by atoms with E-state index in [4.69, 9.17) is 4.74 Å². The Morgan fingerprint density at radius 3 is 3.21 bits per heavy atom. The Morgan fingerprint density at radius 2 is 2.36 bits per heavy atom. The van der Waals surface area contributed by atoms with Crippen molar-refractivity contribution in [3.8, 4) is 5.75 Å². The van der Waals surface area contributed by atoms with Gasteiger partial charge in [0.15, 0.2) is 0 Å². The van der Waals surface area contributed by atoms with E-state index in [1.807, 2.05) is 12.1 Å². The van der Waals surface area contributed by atoms with Crippen molar-refractivity contribution in [3.63, 3.8) is 0 Å². The molecule has 0 spiro atoms. The van der Waals surface area contributed by atoms with Crippen LogP contribution in [0.4, 0.5) is 0 Å². The normalized spacial score (nSPS) is 22.7. The maximum atomic E-state index is 5.83. The van der Waals surface area contributed by atoms with Gasteiger partial charge in [0.1, 0.15) is 11.9 Å². The fourth-order valence-corrected chi connectivity index (χ4v) is 1.71. The minimum absolute atomic E-state index is 0.356. The lowest BCUT2D eigenvalue weighted by molar-refractivity contribution is 0.187. The van der Waals surface area contributed by atoms with Gasteiger partial charge in [0, 0.05) is 6.20 Å². The molecule has 1 aromatic rings. The van der Waals surface area contributed by atoms with Crippen LogP contribution in [0.5, 0.6) is 5.75 Å². The van der Waals surface area contributed by atoms with Crippen molar-refractivity contribution in [2.75, 3.05) is 13.1 Å². The molecule has 1 aliphatic rings. The van der Waals surface area contributed by atoms with Crippen molar-refractivity contribution in [2.24, 2.45) is 0 Å². The van der Waals surface area contributed by atoms with Crippen LogP contribution < -0.4 is 10.1 Å². The maximum absolute atomic E-state index is 5.83. The summed E-state index contributed by atoms with van der Waals surface area (Å²) in [5.74, 6) is 0.888. The minimum Gasteiger partial charge on any atom is -0.489 e. The van der Waals surface area contributed by atoms with E-state index in [9.17, 15) is 0 Å². The first-order valence-electron chi connectivity index (χ1n) is 5.22. The van der Waals surface area contributed by atoms with E-state index >= 15 is 0 Å². The van der Waals surface area contributed by atoms with Gasteiger partial charge in [-0.05, 0) is 44.5 Å². The summed E-state index contributed by atoms with van der Waals surface area (Å²) in [5, 5.41) is 3.37. The molecule has 0 aromatic carbocycles. The molecule has 0 amide bonds. The molecule has 3 heteroatoms. The van der Waals surface area contributed by atoms with E-state index in [0.717, 1.165) is 31.7 Å². The second-order valence-corrected chi connectivity index (χ2v) is 3.61. The van der Waals surface area contributed by atoms with Crippen LogP contribution in [0.25, 0.3) is 0 Å². The van der Waals surface area contributed by atoms with Crippen LogP contribution in [-0.4, -0.2) is 24.2 Å². The number of ether oxygens (including phenoxy) is 1. The number of hydrogen-bond acceptors (Lipinski definition) is 3. The average Bonchev–Trinajstić information content (AvgIpc) is 2.48. The van der Waals surface area contributed by atoms with E-state index in [2.05, 4.69) is 10.3 Å². The first kappa shape index (κ1) is 9.46. The highest BCUT2D eigenvalue weighted by molar-refractivity contribution is 5.15. The van der Waals surface area contributed by atoms with Crippen LogP contribution >= 0.6 is 0 Å². The molecule has 1 atom stereocenters. The van der Waals surface area contributed by atoms with Crippen LogP contribution in [0, 0.1) is 0 Å². The van der Waals surface area contributed by atoms with Gasteiger partial charge in [-0.3, -0.25) is 4.98 Å². The molecular formula is C11H16N2O. The maximum Gasteiger partial charge on any atom is 0.137 e. The summed E-state index contributed by atoms with van der Waals surface area (Å²) < 4.78 is 5.83. The van der Waals surface area contributed by atoms with Gasteiger partial charge in [0.25, 0.3) is 0 Å². The van der Waals surface area contributed by atoms with E-state index in [0.29, 0.717) is 6.10 Å². The van der Waals surface area contributed by atoms with Gasteiger partial charge in [-0.15, -0.1) is 0 Å². The second-order valence-electron chi connectivity index (χ2n) is 3.61. The first-order valence-corrected chi connectivity index (χ1v) is 5.22. The standard InChI is InChI=1S/C11H16N2O/c1-3-10(5-8-12-6-1)14-11-4-2-7-13-9-11/h2,4,7,9-10,12H,1,3,5-6,8H2. The number of aromatic nitrogens is 1. The van der Waals surface area contributed by atoms with E-state index in [-0.39, 0.29) is 0 Å². The lowest BCUT2D eigenvalue weighted by Crippen LogP contribution is -2.19. The lowest BCUT2D eigenvalue weighted by atomic mass is 10.1. The SMILES string of the molecule is c1cncc(OC2CCCNCC2)c1. The van der Waals surface area contributed by atoms with Crippen molar-refractivity contribution in [3.05, 3.63) is 24.5 Å². The lowest BCUT2D eigenvalue weighted by Gasteiger charge is -2.15. The van der Waals surface area contributed by atoms with E-state index in [1.165, 1.54) is 6.42 Å². The zero-order valence-corrected chi connectivity index (χ0v) is 8.28. The van der Waals surface area contributed by atoms with Crippen LogP contribution in [0.3, 0.4) is 0 Å². The molecule has 76 valence electrons. The fourth-order valence-electron chi connectivity index (χ4n) is 1.71. The Labute approximate surface area is 84.5 Å². The monoisotopic (exact) mass is 192 g/mol. The molecule has 14 heavy (non-hydrogen) atoms. The predicted molar refractivity (Wildman–Crippen MR) is 55.4 cm³/mol. The fraction of sp³-hybridized carbons (Fsp3) is 0.545. The van der Waals surface area contributed by atoms with Gasteiger partial charge in [-0.1, -0.05) is 0 Å². The quantitative estimate of drug-likeness (QED) is 0.773. The Morgan fingerprint density at radius 1 is 1.36 bits per heavy atom. The zero-order valence-electron chi connectivity index (χ0n) is 8.28. The van der Waals surface area contributed by atoms with Gasteiger partial charge in [-0.2, -0.15) is 0 Å². The summed E-state index contributed by atoms with van der Waals surface area (Å²) in [6.45, 7) is 2.18. The Hall–Kier alpha value is -1.09. The molecule has 0 bridgehead atoms. The molecular weight excluding hydrogens is 176 g/mol. The summed E-state index contributed by atoms with van der Waals surface area (Å²) in [4.78, 5) is 4.03. The molecule has 1 N–H and O–H groups in total. The average molecular weight is 192 g/mol. The van der Waals surface area contributed by atoms with Gasteiger partial charge < -0.3 is 10.1 Å². The number of nitrogens with zero attached hydrogens (tertiary/aromatic N) is 1. The summed E-state index contributed by atoms with van der Waals surface area (Å²) in [5.41, 5.74) is 0. The Kier molecular flexibility index (Phi) is 3.35. The molecule has 1 aromatic heterocycles. The largest absolute Gasteiger partial charge is 0.489 e. The van der Waals surface area contributed by atoms with Crippen molar-refractivity contribution in [1.29, 1.82) is 0 Å². The van der Waals surface area contributed by atoms with Gasteiger partial charge >= 0.3 is 0 Å². The number of nitrogens with one attached hydrogen (secondary N) is 1. The third kappa shape index (κ3) is 2.70. The highest BCUT2D eigenvalue weighted by Gasteiger charge is 2.12. The van der Waals surface area contributed by atoms with Crippen molar-refractivity contribution < 1.29 is 4.74 Å². The van der Waals surface area contributed by atoms with Gasteiger partial charge in [0.05, 0.1) is 6.20 Å². The molecule has 1 aliphatic heterocycles. The van der Waals surface area contributed by atoms with Gasteiger partial charge in [0.2, 0.25) is 0 Å². The van der Waals surface area contributed by atoms with Crippen molar-refractivity contribution in [2.45, 2.75) is 25.4 Å². The molecule has 0 radical (unpaired) electrons. The summed E-state index contributed by atoms with van der Waals surface area (Å²) in [7, 11) is 0. The smallest absolute Gasteiger partial charge is 0.137 e. The predicted octanol–water partition coefficient (Wildman–Crippen LogP) is 1.60. The van der Waals surface area contributed by atoms with Crippen LogP contribution in [0.15, 0.2) is 24.5 Å². The van der Waals surface area contributed by atoms with Crippen LogP contribution in [0.1, 0.15) is 19.3 Å². The Balaban J connectivity index is 1.90. The number of pyridine rings is 1. The third-order valence-corrected chi connectivity index (χ3v) is 2.46. The summed E-state index contributed by atoms with van der Waals surface area (Å²) >= 11 is 0. The molecule has 0 saturated carbocycles. The highest BCUT2D eigenvalue weighted by atomic mass is 16.5. The van der Waals surface area contributed by atoms with E-state index in [1.54, 1.807) is 12.4 Å². The van der Waals surface area contributed by atoms with Crippen LogP contribution in [-0.2, 0) is 0 Å². The molecule has 1 saturated heterocycles. The molecule has 0 aliphatic carbocycles. The minimum atomic E-state index is 0.356. The second kappa shape index (κ2) is 4.96. The number of hydrogen-bond donors (Lipinski definition) is 1. The van der Waals surface area contributed by atoms with Crippen molar-refractivity contribution in [1.82, 2.24) is 10.3 Å². The molecule has 1 unspecified atom stereocenters. The number of rotatable bonds is 2. The topological polar surface area (TPSA) is 34.1 Å². The highest BCUT2D eigenvalue weighted by Crippen LogP contribution is 2.15. The molecule has 2 heterocycles. The van der Waals surface area contributed by atoms with Gasteiger partial charge in [-0.25, -0.2) is 0 Å². The van der Waals surface area contributed by atoms with Crippen molar-refractivity contribution >= 4 is 0 Å². The summed E-state index contributed by atoms with van der Waals surface area (Å²) in [6.07, 6.45) is 7.33. The first-order chi connectivity index (χ1) is 6.95. The molecule has 3 nitrogen and oxygen atoms in total. The van der Waals surface area contributed by atoms with E-state index < -0.39 is 0 Å². The Bertz CT molecular complexity index is 255. The summed E-state index contributed by atoms with van der Waals surface area (Å²) in [6, 6.07) is 3.87. The zero-order chi connectivity index (χ0) is 9.64. The molecule has 1 fully saturated rings.